The molecule has 0 bridgehead atoms. The number of oxime groups is 1. The van der Waals surface area contributed by atoms with E-state index in [-0.39, 0.29) is 24.0 Å². The van der Waals surface area contributed by atoms with Crippen molar-refractivity contribution in [3.8, 4) is 0 Å². The van der Waals surface area contributed by atoms with Gasteiger partial charge in [-0.15, -0.1) is 0 Å². The van der Waals surface area contributed by atoms with Crippen LogP contribution in [0, 0.1) is 5.82 Å². The van der Waals surface area contributed by atoms with E-state index in [0.29, 0.717) is 5.69 Å². The Morgan fingerprint density at radius 2 is 2.20 bits per heavy atom. The molecule has 0 aromatic heterocycles. The Labute approximate surface area is 117 Å². The van der Waals surface area contributed by atoms with Gasteiger partial charge in [0.1, 0.15) is 5.82 Å². The van der Waals surface area contributed by atoms with Gasteiger partial charge in [-0.05, 0) is 25.0 Å². The van der Waals surface area contributed by atoms with Gasteiger partial charge in [-0.2, -0.15) is 0 Å². The molecule has 1 saturated heterocycles. The van der Waals surface area contributed by atoms with Crippen molar-refractivity contribution in [1.29, 1.82) is 0 Å². The third-order valence-corrected chi connectivity index (χ3v) is 3.75. The summed E-state index contributed by atoms with van der Waals surface area (Å²) in [5.74, 6) is -0.780. The lowest BCUT2D eigenvalue weighted by atomic mass is 10.1. The first-order valence-corrected chi connectivity index (χ1v) is 6.83. The van der Waals surface area contributed by atoms with Crippen molar-refractivity contribution >= 4 is 11.5 Å². The van der Waals surface area contributed by atoms with Gasteiger partial charge in [0.25, 0.3) is 0 Å². The van der Waals surface area contributed by atoms with Crippen molar-refractivity contribution in [2.45, 2.75) is 31.7 Å². The van der Waals surface area contributed by atoms with E-state index in [1.807, 2.05) is 4.90 Å². The summed E-state index contributed by atoms with van der Waals surface area (Å²) in [5, 5.41) is 21.3. The van der Waals surface area contributed by atoms with Gasteiger partial charge in [0.05, 0.1) is 23.9 Å². The molecule has 1 aliphatic heterocycles. The van der Waals surface area contributed by atoms with E-state index in [0.717, 1.165) is 32.2 Å². The van der Waals surface area contributed by atoms with Crippen LogP contribution in [0.5, 0.6) is 0 Å². The number of rotatable bonds is 3. The molecular formula is C14H20FN3O2. The second kappa shape index (κ2) is 6.56. The predicted octanol–water partition coefficient (Wildman–Crippen LogP) is 1.66. The van der Waals surface area contributed by atoms with Crippen LogP contribution in [-0.4, -0.2) is 35.3 Å². The number of anilines is 1. The Kier molecular flexibility index (Phi) is 4.79. The summed E-state index contributed by atoms with van der Waals surface area (Å²) in [6.07, 6.45) is 3.95. The van der Waals surface area contributed by atoms with Gasteiger partial charge in [0.2, 0.25) is 0 Å². The third kappa shape index (κ3) is 2.85. The lowest BCUT2D eigenvalue weighted by molar-refractivity contribution is 0.255. The van der Waals surface area contributed by atoms with Gasteiger partial charge in [-0.25, -0.2) is 4.39 Å². The van der Waals surface area contributed by atoms with E-state index in [1.54, 1.807) is 12.1 Å². The SMILES string of the molecule is N/C(=N/O)c1c(F)cccc1N1CCCCCC1CO. The number of benzene rings is 1. The molecule has 2 rings (SSSR count). The lowest BCUT2D eigenvalue weighted by Crippen LogP contribution is -2.39. The number of aliphatic hydroxyl groups excluding tert-OH is 1. The second-order valence-electron chi connectivity index (χ2n) is 5.00. The van der Waals surface area contributed by atoms with Crippen LogP contribution in [0.1, 0.15) is 31.2 Å². The van der Waals surface area contributed by atoms with Crippen molar-refractivity contribution in [3.05, 3.63) is 29.6 Å². The highest BCUT2D eigenvalue weighted by atomic mass is 19.1. The van der Waals surface area contributed by atoms with Crippen LogP contribution in [0.2, 0.25) is 0 Å². The number of nitrogens with two attached hydrogens (primary N) is 1. The second-order valence-corrected chi connectivity index (χ2v) is 5.00. The van der Waals surface area contributed by atoms with Gasteiger partial charge < -0.3 is 20.9 Å². The molecule has 1 fully saturated rings. The highest BCUT2D eigenvalue weighted by Crippen LogP contribution is 2.28. The summed E-state index contributed by atoms with van der Waals surface area (Å²) in [4.78, 5) is 1.96. The van der Waals surface area contributed by atoms with Gasteiger partial charge in [-0.1, -0.05) is 24.1 Å². The largest absolute Gasteiger partial charge is 0.409 e. The molecule has 1 heterocycles. The number of aliphatic hydroxyl groups is 1. The van der Waals surface area contributed by atoms with Crippen molar-refractivity contribution in [1.82, 2.24) is 0 Å². The number of hydrogen-bond acceptors (Lipinski definition) is 4. The van der Waals surface area contributed by atoms with Gasteiger partial charge in [0.15, 0.2) is 5.84 Å². The summed E-state index contributed by atoms with van der Waals surface area (Å²) in [6.45, 7) is 0.729. The first kappa shape index (κ1) is 14.6. The Bertz CT molecular complexity index is 493. The first-order valence-electron chi connectivity index (χ1n) is 6.83. The zero-order valence-corrected chi connectivity index (χ0v) is 11.3. The Morgan fingerprint density at radius 3 is 2.90 bits per heavy atom. The lowest BCUT2D eigenvalue weighted by Gasteiger charge is -2.32. The third-order valence-electron chi connectivity index (χ3n) is 3.75. The van der Waals surface area contributed by atoms with Crippen LogP contribution in [-0.2, 0) is 0 Å². The van der Waals surface area contributed by atoms with Crippen LogP contribution < -0.4 is 10.6 Å². The fourth-order valence-corrected chi connectivity index (χ4v) is 2.74. The van der Waals surface area contributed by atoms with Crippen LogP contribution in [0.15, 0.2) is 23.4 Å². The number of hydrogen-bond donors (Lipinski definition) is 3. The van der Waals surface area contributed by atoms with Crippen molar-refractivity contribution in [2.75, 3.05) is 18.1 Å². The molecule has 1 aromatic carbocycles. The monoisotopic (exact) mass is 281 g/mol. The molecule has 4 N–H and O–H groups in total. The van der Waals surface area contributed by atoms with E-state index < -0.39 is 5.82 Å². The molecule has 1 aromatic rings. The Hall–Kier alpha value is -1.82. The van der Waals surface area contributed by atoms with Crippen molar-refractivity contribution in [2.24, 2.45) is 10.9 Å². The molecule has 1 atom stereocenters. The number of halogens is 1. The maximum absolute atomic E-state index is 14.0. The predicted molar refractivity (Wildman–Crippen MR) is 75.6 cm³/mol. The van der Waals surface area contributed by atoms with Crippen molar-refractivity contribution in [3.63, 3.8) is 0 Å². The molecule has 0 radical (unpaired) electrons. The van der Waals surface area contributed by atoms with Crippen LogP contribution in [0.25, 0.3) is 0 Å². The summed E-state index contributed by atoms with van der Waals surface area (Å²) in [5.41, 5.74) is 6.26. The van der Waals surface area contributed by atoms with Crippen LogP contribution in [0.4, 0.5) is 10.1 Å². The molecule has 1 aliphatic rings. The topological polar surface area (TPSA) is 82.1 Å². The fraction of sp³-hybridized carbons (Fsp3) is 0.500. The van der Waals surface area contributed by atoms with Crippen LogP contribution in [0.3, 0.4) is 0 Å². The summed E-state index contributed by atoms with van der Waals surface area (Å²) in [6, 6.07) is 4.55. The van der Waals surface area contributed by atoms with E-state index in [9.17, 15) is 9.50 Å². The summed E-state index contributed by atoms with van der Waals surface area (Å²) < 4.78 is 14.0. The molecule has 0 saturated carbocycles. The molecule has 0 spiro atoms. The number of nitrogens with zero attached hydrogens (tertiary/aromatic N) is 2. The molecular weight excluding hydrogens is 261 g/mol. The average molecular weight is 281 g/mol. The first-order chi connectivity index (χ1) is 9.69. The standard InChI is InChI=1S/C14H20FN3O2/c15-11-6-4-7-12(13(11)14(16)17-20)18-8-3-1-2-5-10(18)9-19/h4,6-7,10,19-20H,1-3,5,8-9H2,(H2,16,17). The molecule has 6 heteroatoms. The number of amidine groups is 1. The maximum Gasteiger partial charge on any atom is 0.175 e. The fourth-order valence-electron chi connectivity index (χ4n) is 2.74. The van der Waals surface area contributed by atoms with Crippen LogP contribution >= 0.6 is 0 Å². The maximum atomic E-state index is 14.0. The molecule has 5 nitrogen and oxygen atoms in total. The van der Waals surface area contributed by atoms with E-state index in [2.05, 4.69) is 5.16 Å². The summed E-state index contributed by atoms with van der Waals surface area (Å²) in [7, 11) is 0. The Balaban J connectivity index is 2.47. The minimum atomic E-state index is -0.529. The van der Waals surface area contributed by atoms with E-state index >= 15 is 0 Å². The normalized spacial score (nSPS) is 20.8. The van der Waals surface area contributed by atoms with Crippen molar-refractivity contribution < 1.29 is 14.7 Å². The smallest absolute Gasteiger partial charge is 0.175 e. The molecule has 0 aliphatic carbocycles. The van der Waals surface area contributed by atoms with E-state index in [4.69, 9.17) is 10.9 Å². The highest BCUT2D eigenvalue weighted by Gasteiger charge is 2.25. The minimum absolute atomic E-state index is 0.00608. The molecule has 110 valence electrons. The minimum Gasteiger partial charge on any atom is -0.409 e. The molecule has 0 amide bonds. The summed E-state index contributed by atoms with van der Waals surface area (Å²) >= 11 is 0. The zero-order valence-electron chi connectivity index (χ0n) is 11.3. The Morgan fingerprint density at radius 1 is 1.40 bits per heavy atom. The molecule has 20 heavy (non-hydrogen) atoms. The van der Waals surface area contributed by atoms with Gasteiger partial charge in [0, 0.05) is 6.54 Å². The highest BCUT2D eigenvalue weighted by molar-refractivity contribution is 6.02. The van der Waals surface area contributed by atoms with E-state index in [1.165, 1.54) is 6.07 Å². The average Bonchev–Trinajstić information content (AvgIpc) is 2.71. The van der Waals surface area contributed by atoms with Gasteiger partial charge >= 0.3 is 0 Å². The van der Waals surface area contributed by atoms with Gasteiger partial charge in [-0.3, -0.25) is 0 Å². The zero-order chi connectivity index (χ0) is 14.5. The molecule has 1 unspecified atom stereocenters. The quantitative estimate of drug-likeness (QED) is 0.340.